The third-order valence-electron chi connectivity index (χ3n) is 3.60. The molecule has 1 amide bonds. The summed E-state index contributed by atoms with van der Waals surface area (Å²) in [7, 11) is 0. The van der Waals surface area contributed by atoms with Crippen molar-refractivity contribution in [2.45, 2.75) is 26.8 Å². The van der Waals surface area contributed by atoms with Crippen molar-refractivity contribution in [3.05, 3.63) is 59.7 Å². The lowest BCUT2D eigenvalue weighted by atomic mass is 10.2. The predicted molar refractivity (Wildman–Crippen MR) is 88.9 cm³/mol. The van der Waals surface area contributed by atoms with Crippen LogP contribution in [0.25, 0.3) is 0 Å². The van der Waals surface area contributed by atoms with E-state index in [0.29, 0.717) is 11.7 Å². The molecule has 2 rings (SSSR count). The lowest BCUT2D eigenvalue weighted by Crippen LogP contribution is -2.30. The first-order valence-corrected chi connectivity index (χ1v) is 7.55. The Labute approximate surface area is 134 Å². The molecule has 0 fully saturated rings. The Morgan fingerprint density at radius 3 is 2.26 bits per heavy atom. The van der Waals surface area contributed by atoms with E-state index in [-0.39, 0.29) is 5.56 Å². The van der Waals surface area contributed by atoms with E-state index >= 15 is 0 Å². The molecule has 0 spiro atoms. The van der Waals surface area contributed by atoms with E-state index in [1.807, 2.05) is 12.1 Å². The molecule has 0 aliphatic rings. The smallest absolute Gasteiger partial charge is 0.255 e. The van der Waals surface area contributed by atoms with E-state index in [4.69, 9.17) is 0 Å². The molecule has 0 saturated heterocycles. The van der Waals surface area contributed by atoms with E-state index < -0.39 is 17.5 Å². The lowest BCUT2D eigenvalue weighted by Gasteiger charge is -2.27. The first-order valence-electron chi connectivity index (χ1n) is 7.55. The molecule has 122 valence electrons. The monoisotopic (exact) mass is 318 g/mol. The van der Waals surface area contributed by atoms with Gasteiger partial charge < -0.3 is 10.2 Å². The SMILES string of the molecule is CCN(c1ccc(NC(=O)c2ccc(F)c(F)c2)cc1)C(C)C. The number of benzene rings is 2. The fourth-order valence-electron chi connectivity index (χ4n) is 2.42. The number of amides is 1. The number of nitrogens with zero attached hydrogens (tertiary/aromatic N) is 1. The van der Waals surface area contributed by atoms with E-state index in [9.17, 15) is 13.6 Å². The number of hydrogen-bond acceptors (Lipinski definition) is 2. The van der Waals surface area contributed by atoms with Gasteiger partial charge in [0.2, 0.25) is 0 Å². The van der Waals surface area contributed by atoms with Crippen molar-refractivity contribution in [3.8, 4) is 0 Å². The summed E-state index contributed by atoms with van der Waals surface area (Å²) in [5.41, 5.74) is 1.74. The van der Waals surface area contributed by atoms with Gasteiger partial charge in [-0.25, -0.2) is 8.78 Å². The fraction of sp³-hybridized carbons (Fsp3) is 0.278. The van der Waals surface area contributed by atoms with Crippen LogP contribution in [0.1, 0.15) is 31.1 Å². The first kappa shape index (κ1) is 16.9. The minimum absolute atomic E-state index is 0.0744. The van der Waals surface area contributed by atoms with Crippen molar-refractivity contribution in [2.24, 2.45) is 0 Å². The number of nitrogens with one attached hydrogen (secondary N) is 1. The van der Waals surface area contributed by atoms with Crippen molar-refractivity contribution in [3.63, 3.8) is 0 Å². The Kier molecular flexibility index (Phi) is 5.32. The number of hydrogen-bond donors (Lipinski definition) is 1. The van der Waals surface area contributed by atoms with Gasteiger partial charge in [-0.1, -0.05) is 0 Å². The summed E-state index contributed by atoms with van der Waals surface area (Å²) in [4.78, 5) is 14.3. The molecule has 1 N–H and O–H groups in total. The Balaban J connectivity index is 2.11. The average Bonchev–Trinajstić information content (AvgIpc) is 2.52. The highest BCUT2D eigenvalue weighted by atomic mass is 19.2. The van der Waals surface area contributed by atoms with Crippen molar-refractivity contribution in [2.75, 3.05) is 16.8 Å². The van der Waals surface area contributed by atoms with Gasteiger partial charge in [-0.3, -0.25) is 4.79 Å². The second-order valence-corrected chi connectivity index (χ2v) is 5.51. The van der Waals surface area contributed by atoms with E-state index in [2.05, 4.69) is 31.0 Å². The minimum atomic E-state index is -1.04. The summed E-state index contributed by atoms with van der Waals surface area (Å²) >= 11 is 0. The van der Waals surface area contributed by atoms with Gasteiger partial charge in [0, 0.05) is 29.5 Å². The van der Waals surface area contributed by atoms with Crippen LogP contribution in [0.5, 0.6) is 0 Å². The van der Waals surface area contributed by atoms with E-state index in [0.717, 1.165) is 24.4 Å². The number of rotatable bonds is 5. The van der Waals surface area contributed by atoms with Crippen molar-refractivity contribution < 1.29 is 13.6 Å². The van der Waals surface area contributed by atoms with Crippen LogP contribution in [0, 0.1) is 11.6 Å². The van der Waals surface area contributed by atoms with Crippen molar-refractivity contribution in [1.82, 2.24) is 0 Å². The van der Waals surface area contributed by atoms with Crippen LogP contribution in [-0.2, 0) is 0 Å². The third-order valence-corrected chi connectivity index (χ3v) is 3.60. The second-order valence-electron chi connectivity index (χ2n) is 5.51. The molecule has 0 saturated carbocycles. The molecule has 0 atom stereocenters. The third kappa shape index (κ3) is 4.06. The largest absolute Gasteiger partial charge is 0.369 e. The Morgan fingerprint density at radius 1 is 1.09 bits per heavy atom. The zero-order chi connectivity index (χ0) is 17.0. The van der Waals surface area contributed by atoms with Crippen molar-refractivity contribution in [1.29, 1.82) is 0 Å². The van der Waals surface area contributed by atoms with Crippen LogP contribution in [0.4, 0.5) is 20.2 Å². The highest BCUT2D eigenvalue weighted by molar-refractivity contribution is 6.04. The second kappa shape index (κ2) is 7.22. The summed E-state index contributed by atoms with van der Waals surface area (Å²) in [6.45, 7) is 7.20. The summed E-state index contributed by atoms with van der Waals surface area (Å²) in [5, 5.41) is 2.67. The number of carbonyl (C=O) groups excluding carboxylic acids is 1. The molecule has 2 aromatic carbocycles. The maximum Gasteiger partial charge on any atom is 0.255 e. The Bertz CT molecular complexity index is 684. The quantitative estimate of drug-likeness (QED) is 0.883. The molecule has 0 aliphatic heterocycles. The molecular formula is C18H20F2N2O. The molecular weight excluding hydrogens is 298 g/mol. The summed E-state index contributed by atoms with van der Waals surface area (Å²) in [6.07, 6.45) is 0. The maximum atomic E-state index is 13.2. The van der Waals surface area contributed by atoms with Gasteiger partial charge >= 0.3 is 0 Å². The standard InChI is InChI=1S/C18H20F2N2O/c1-4-22(12(2)3)15-8-6-14(7-9-15)21-18(23)13-5-10-16(19)17(20)11-13/h5-12H,4H2,1-3H3,(H,21,23). The van der Waals surface area contributed by atoms with E-state index in [1.165, 1.54) is 6.07 Å². The Hall–Kier alpha value is -2.43. The van der Waals surface area contributed by atoms with Crippen LogP contribution < -0.4 is 10.2 Å². The fourth-order valence-corrected chi connectivity index (χ4v) is 2.42. The first-order chi connectivity index (χ1) is 10.9. The zero-order valence-corrected chi connectivity index (χ0v) is 13.4. The van der Waals surface area contributed by atoms with Crippen LogP contribution >= 0.6 is 0 Å². The van der Waals surface area contributed by atoms with Crippen LogP contribution in [0.2, 0.25) is 0 Å². The van der Waals surface area contributed by atoms with Gasteiger partial charge in [0.1, 0.15) is 0 Å². The minimum Gasteiger partial charge on any atom is -0.369 e. The zero-order valence-electron chi connectivity index (χ0n) is 13.4. The molecule has 0 heterocycles. The average molecular weight is 318 g/mol. The summed E-state index contributed by atoms with van der Waals surface area (Å²) < 4.78 is 26.1. The van der Waals surface area contributed by atoms with Gasteiger partial charge in [-0.05, 0) is 63.2 Å². The van der Waals surface area contributed by atoms with Gasteiger partial charge in [-0.15, -0.1) is 0 Å². The van der Waals surface area contributed by atoms with Gasteiger partial charge in [0.25, 0.3) is 5.91 Å². The highest BCUT2D eigenvalue weighted by Crippen LogP contribution is 2.20. The molecule has 0 unspecified atom stereocenters. The number of halogens is 2. The predicted octanol–water partition coefficient (Wildman–Crippen LogP) is 4.45. The van der Waals surface area contributed by atoms with Crippen LogP contribution in [0.3, 0.4) is 0 Å². The van der Waals surface area contributed by atoms with Crippen LogP contribution in [0.15, 0.2) is 42.5 Å². The number of anilines is 2. The van der Waals surface area contributed by atoms with Gasteiger partial charge in [-0.2, -0.15) is 0 Å². The molecule has 3 nitrogen and oxygen atoms in total. The Morgan fingerprint density at radius 2 is 1.74 bits per heavy atom. The molecule has 0 bridgehead atoms. The number of carbonyl (C=O) groups is 1. The lowest BCUT2D eigenvalue weighted by molar-refractivity contribution is 0.102. The van der Waals surface area contributed by atoms with E-state index in [1.54, 1.807) is 12.1 Å². The highest BCUT2D eigenvalue weighted by Gasteiger charge is 2.11. The van der Waals surface area contributed by atoms with Crippen LogP contribution in [-0.4, -0.2) is 18.5 Å². The van der Waals surface area contributed by atoms with Crippen molar-refractivity contribution >= 4 is 17.3 Å². The van der Waals surface area contributed by atoms with Gasteiger partial charge in [0.05, 0.1) is 0 Å². The summed E-state index contributed by atoms with van der Waals surface area (Å²) in [5.74, 6) is -2.49. The topological polar surface area (TPSA) is 32.3 Å². The van der Waals surface area contributed by atoms with Gasteiger partial charge in [0.15, 0.2) is 11.6 Å². The molecule has 5 heteroatoms. The normalized spacial score (nSPS) is 10.7. The molecule has 2 aromatic rings. The maximum absolute atomic E-state index is 13.2. The summed E-state index contributed by atoms with van der Waals surface area (Å²) in [6, 6.07) is 10.9. The molecule has 0 aromatic heterocycles. The molecule has 0 aliphatic carbocycles. The molecule has 23 heavy (non-hydrogen) atoms. The molecule has 0 radical (unpaired) electrons.